The third-order valence-electron chi connectivity index (χ3n) is 14.0. The lowest BCUT2D eigenvalue weighted by Crippen LogP contribution is -2.61. The summed E-state index contributed by atoms with van der Waals surface area (Å²) in [6, 6.07) is 0. The molecule has 0 radical (unpaired) electrons. The Morgan fingerprint density at radius 3 is 1.21 bits per heavy atom. The van der Waals surface area contributed by atoms with Crippen LogP contribution < -0.4 is 0 Å². The molecule has 1 saturated heterocycles. The van der Waals surface area contributed by atoms with E-state index in [-0.39, 0.29) is 25.9 Å². The molecule has 77 heavy (non-hydrogen) atoms. The van der Waals surface area contributed by atoms with Crippen LogP contribution in [0.1, 0.15) is 278 Å². The zero-order chi connectivity index (χ0) is 56.1. The number of esters is 3. The maximum Gasteiger partial charge on any atom is 0.335 e. The van der Waals surface area contributed by atoms with E-state index in [2.05, 4.69) is 81.5 Å². The number of rotatable bonds is 53. The van der Waals surface area contributed by atoms with Gasteiger partial charge in [0, 0.05) is 19.3 Å². The van der Waals surface area contributed by atoms with Gasteiger partial charge in [0.15, 0.2) is 24.6 Å². The number of carboxylic acid groups (broad SMARTS) is 1. The van der Waals surface area contributed by atoms with Crippen molar-refractivity contribution in [2.45, 2.75) is 314 Å². The quantitative estimate of drug-likeness (QED) is 0.0228. The number of aliphatic hydroxyl groups is 2. The number of allylic oxidation sites excluding steroid dienone is 10. The first-order valence-electron chi connectivity index (χ1n) is 31.3. The Bertz CT molecular complexity index is 1570. The molecule has 1 aliphatic rings. The Hall–Kier alpha value is -3.58. The molecule has 3 N–H and O–H groups in total. The van der Waals surface area contributed by atoms with Crippen LogP contribution >= 0.6 is 0 Å². The highest BCUT2D eigenvalue weighted by molar-refractivity contribution is 5.74. The van der Waals surface area contributed by atoms with Crippen LogP contribution in [0.25, 0.3) is 0 Å². The number of ether oxygens (including phenoxy) is 5. The Morgan fingerprint density at radius 2 is 0.779 bits per heavy atom. The second kappa shape index (κ2) is 53.1. The summed E-state index contributed by atoms with van der Waals surface area (Å²) in [6.07, 6.45) is 53.2. The summed E-state index contributed by atoms with van der Waals surface area (Å²) >= 11 is 0. The summed E-state index contributed by atoms with van der Waals surface area (Å²) in [5, 5.41) is 31.5. The van der Waals surface area contributed by atoms with Gasteiger partial charge >= 0.3 is 23.9 Å². The molecule has 1 heterocycles. The molecule has 6 atom stereocenters. The molecule has 0 aliphatic carbocycles. The lowest BCUT2D eigenvalue weighted by molar-refractivity contribution is -0.301. The molecule has 0 bridgehead atoms. The molecule has 12 nitrogen and oxygen atoms in total. The highest BCUT2D eigenvalue weighted by Gasteiger charge is 2.50. The fourth-order valence-corrected chi connectivity index (χ4v) is 9.19. The maximum atomic E-state index is 13.2. The molecule has 1 rings (SSSR count). The van der Waals surface area contributed by atoms with Gasteiger partial charge < -0.3 is 39.0 Å². The Labute approximate surface area is 468 Å². The van der Waals surface area contributed by atoms with Crippen LogP contribution in [0, 0.1) is 0 Å². The minimum atomic E-state index is -1.91. The minimum absolute atomic E-state index is 0.0427. The predicted molar refractivity (Wildman–Crippen MR) is 312 cm³/mol. The molecule has 444 valence electrons. The molecule has 0 aromatic rings. The average Bonchev–Trinajstić information content (AvgIpc) is 3.42. The van der Waals surface area contributed by atoms with Gasteiger partial charge in [-0.25, -0.2) is 4.79 Å². The van der Waals surface area contributed by atoms with Crippen molar-refractivity contribution >= 4 is 23.9 Å². The van der Waals surface area contributed by atoms with Gasteiger partial charge in [0.05, 0.1) is 6.61 Å². The first-order chi connectivity index (χ1) is 37.6. The van der Waals surface area contributed by atoms with Gasteiger partial charge in [-0.15, -0.1) is 0 Å². The zero-order valence-electron chi connectivity index (χ0n) is 49.0. The smallest absolute Gasteiger partial charge is 0.335 e. The van der Waals surface area contributed by atoms with Crippen molar-refractivity contribution in [2.24, 2.45) is 0 Å². The maximum absolute atomic E-state index is 13.2. The van der Waals surface area contributed by atoms with Crippen molar-refractivity contribution in [1.82, 2.24) is 0 Å². The largest absolute Gasteiger partial charge is 0.479 e. The number of aliphatic hydroxyl groups excluding tert-OH is 2. The van der Waals surface area contributed by atoms with E-state index >= 15 is 0 Å². The third-order valence-corrected chi connectivity index (χ3v) is 14.0. The second-order valence-electron chi connectivity index (χ2n) is 21.3. The van der Waals surface area contributed by atoms with Crippen LogP contribution in [-0.2, 0) is 42.9 Å². The first-order valence-corrected chi connectivity index (χ1v) is 31.3. The molecule has 0 saturated carbocycles. The molecule has 12 heteroatoms. The van der Waals surface area contributed by atoms with Crippen molar-refractivity contribution < 1.29 is 58.2 Å². The number of hydrogen-bond acceptors (Lipinski definition) is 11. The van der Waals surface area contributed by atoms with Crippen molar-refractivity contribution in [3.8, 4) is 0 Å². The summed E-state index contributed by atoms with van der Waals surface area (Å²) in [5.74, 6) is -3.15. The van der Waals surface area contributed by atoms with Crippen LogP contribution in [0.15, 0.2) is 60.8 Å². The van der Waals surface area contributed by atoms with Gasteiger partial charge in [-0.1, -0.05) is 210 Å². The van der Waals surface area contributed by atoms with Crippen LogP contribution in [0.4, 0.5) is 0 Å². The molecule has 0 spiro atoms. The van der Waals surface area contributed by atoms with E-state index in [1.807, 2.05) is 0 Å². The van der Waals surface area contributed by atoms with Gasteiger partial charge in [0.1, 0.15) is 18.8 Å². The highest BCUT2D eigenvalue weighted by Crippen LogP contribution is 2.26. The Kier molecular flexibility index (Phi) is 49.2. The SMILES string of the molecule is CCCCC/C=C\C/C=C\CCCCCCCCCC(=O)OCC(COC1OC(C(=O)O)C(O)C(O)C1OC(=O)CCCCCCC/C=C\C/C=C\CCCCC)OC(=O)CCCCCCC/C=C\CCCCCCCC. The summed E-state index contributed by atoms with van der Waals surface area (Å²) in [6.45, 7) is 5.94. The summed E-state index contributed by atoms with van der Waals surface area (Å²) in [5.41, 5.74) is 0. The summed E-state index contributed by atoms with van der Waals surface area (Å²) in [7, 11) is 0. The highest BCUT2D eigenvalue weighted by atomic mass is 16.7. The van der Waals surface area contributed by atoms with E-state index in [0.29, 0.717) is 19.3 Å². The number of hydrogen-bond donors (Lipinski definition) is 3. The lowest BCUT2D eigenvalue weighted by atomic mass is 9.98. The standard InChI is InChI=1S/C65H112O12/c1-4-7-10-13-16-19-22-25-28-29-32-33-36-39-42-45-48-51-57(66)73-54-56(75-58(67)52-49-46-43-40-37-34-30-26-23-20-17-14-11-8-5-2)55-74-65-63(61(70)60(69)62(77-65)64(71)72)76-59(68)53-50-47-44-41-38-35-31-27-24-21-18-15-12-9-6-3/h16,18-19,21,25-28,30-31,56,60-63,65,69-70H,4-15,17,20,22-24,29,32-55H2,1-3H3,(H,71,72)/b19-16-,21-18-,28-25-,30-26-,31-27-. The fourth-order valence-electron chi connectivity index (χ4n) is 9.19. The number of unbranched alkanes of at least 4 members (excludes halogenated alkanes) is 29. The van der Waals surface area contributed by atoms with Crippen LogP contribution in [0.2, 0.25) is 0 Å². The fraction of sp³-hybridized carbons (Fsp3) is 0.785. The second-order valence-corrected chi connectivity index (χ2v) is 21.3. The topological polar surface area (TPSA) is 175 Å². The molecule has 0 aromatic carbocycles. The predicted octanol–water partition coefficient (Wildman–Crippen LogP) is 16.3. The van der Waals surface area contributed by atoms with Crippen molar-refractivity contribution in [2.75, 3.05) is 13.2 Å². The lowest BCUT2D eigenvalue weighted by Gasteiger charge is -2.40. The first kappa shape index (κ1) is 71.4. The van der Waals surface area contributed by atoms with E-state index in [9.17, 15) is 34.5 Å². The summed E-state index contributed by atoms with van der Waals surface area (Å²) in [4.78, 5) is 51.2. The van der Waals surface area contributed by atoms with E-state index in [4.69, 9.17) is 23.7 Å². The van der Waals surface area contributed by atoms with Crippen molar-refractivity contribution in [3.05, 3.63) is 60.8 Å². The number of carbonyl (C=O) groups excluding carboxylic acids is 3. The number of carboxylic acids is 1. The van der Waals surface area contributed by atoms with Crippen LogP contribution in [0.5, 0.6) is 0 Å². The number of aliphatic carboxylic acids is 1. The van der Waals surface area contributed by atoms with Crippen molar-refractivity contribution in [1.29, 1.82) is 0 Å². The number of carbonyl (C=O) groups is 4. The van der Waals surface area contributed by atoms with Gasteiger partial charge in [-0.05, 0) is 109 Å². The van der Waals surface area contributed by atoms with Gasteiger partial charge in [0.2, 0.25) is 0 Å². The molecular weight excluding hydrogens is 973 g/mol. The van der Waals surface area contributed by atoms with Crippen molar-refractivity contribution in [3.63, 3.8) is 0 Å². The summed E-state index contributed by atoms with van der Waals surface area (Å²) < 4.78 is 28.5. The van der Waals surface area contributed by atoms with Gasteiger partial charge in [-0.3, -0.25) is 14.4 Å². The van der Waals surface area contributed by atoms with E-state index < -0.39 is 67.3 Å². The average molecular weight is 1090 g/mol. The molecule has 1 aliphatic heterocycles. The van der Waals surface area contributed by atoms with E-state index in [1.165, 1.54) is 96.3 Å². The molecule has 6 unspecified atom stereocenters. The molecule has 1 fully saturated rings. The van der Waals surface area contributed by atoms with Crippen LogP contribution in [0.3, 0.4) is 0 Å². The molecule has 0 aromatic heterocycles. The van der Waals surface area contributed by atoms with Crippen LogP contribution in [-0.4, -0.2) is 89.2 Å². The van der Waals surface area contributed by atoms with E-state index in [1.54, 1.807) is 0 Å². The van der Waals surface area contributed by atoms with Gasteiger partial charge in [-0.2, -0.15) is 0 Å². The van der Waals surface area contributed by atoms with Gasteiger partial charge in [0.25, 0.3) is 0 Å². The third kappa shape index (κ3) is 43.0. The van der Waals surface area contributed by atoms with E-state index in [0.717, 1.165) is 122 Å². The molecular formula is C65H112O12. The normalized spacial score (nSPS) is 18.4. The molecule has 0 amide bonds. The minimum Gasteiger partial charge on any atom is -0.479 e. The Morgan fingerprint density at radius 1 is 0.429 bits per heavy atom. The zero-order valence-corrected chi connectivity index (χ0v) is 49.0. The monoisotopic (exact) mass is 1080 g/mol. The Balaban J connectivity index is 2.69.